The Morgan fingerprint density at radius 1 is 1.21 bits per heavy atom. The average molecular weight is 357 g/mol. The van der Waals surface area contributed by atoms with Crippen molar-refractivity contribution < 1.29 is 19.1 Å². The predicted molar refractivity (Wildman–Crippen MR) is 95.0 cm³/mol. The number of methoxy groups -OCH3 is 2. The van der Waals surface area contributed by atoms with E-state index >= 15 is 0 Å². The summed E-state index contributed by atoms with van der Waals surface area (Å²) in [6.45, 7) is 6.08. The van der Waals surface area contributed by atoms with Crippen LogP contribution in [0.15, 0.2) is 12.1 Å². The Hall–Kier alpha value is -1.95. The normalized spacial score (nSPS) is 10.5. The molecule has 24 heavy (non-hydrogen) atoms. The van der Waals surface area contributed by atoms with Crippen molar-refractivity contribution in [2.75, 3.05) is 32.2 Å². The van der Waals surface area contributed by atoms with Crippen LogP contribution in [-0.4, -0.2) is 39.1 Å². The molecule has 0 heterocycles. The molecule has 0 spiro atoms. The Bertz CT molecular complexity index is 590. The monoisotopic (exact) mass is 356 g/mol. The summed E-state index contributed by atoms with van der Waals surface area (Å²) in [5, 5.41) is 3.21. The Balaban J connectivity index is 2.92. The first-order valence-electron chi connectivity index (χ1n) is 7.76. The topological polar surface area (TPSA) is 67.9 Å². The van der Waals surface area contributed by atoms with Crippen molar-refractivity contribution in [2.45, 2.75) is 27.2 Å². The first-order chi connectivity index (χ1) is 11.3. The van der Waals surface area contributed by atoms with Gasteiger partial charge in [0.2, 0.25) is 11.8 Å². The van der Waals surface area contributed by atoms with E-state index in [0.29, 0.717) is 41.7 Å². The van der Waals surface area contributed by atoms with Gasteiger partial charge in [0.05, 0.1) is 24.9 Å². The van der Waals surface area contributed by atoms with E-state index in [-0.39, 0.29) is 17.7 Å². The highest BCUT2D eigenvalue weighted by molar-refractivity contribution is 6.32. The minimum atomic E-state index is -0.171. The van der Waals surface area contributed by atoms with Gasteiger partial charge in [-0.2, -0.15) is 0 Å². The van der Waals surface area contributed by atoms with Gasteiger partial charge in [-0.1, -0.05) is 25.4 Å². The van der Waals surface area contributed by atoms with Crippen molar-refractivity contribution in [1.29, 1.82) is 0 Å². The van der Waals surface area contributed by atoms with Crippen LogP contribution < -0.4 is 19.7 Å². The smallest absolute Gasteiger partial charge is 0.224 e. The van der Waals surface area contributed by atoms with E-state index in [1.54, 1.807) is 12.1 Å². The highest BCUT2D eigenvalue weighted by atomic mass is 35.5. The number of anilines is 1. The molecule has 1 N–H and O–H groups in total. The number of benzene rings is 1. The van der Waals surface area contributed by atoms with Gasteiger partial charge >= 0.3 is 0 Å². The zero-order valence-corrected chi connectivity index (χ0v) is 15.6. The van der Waals surface area contributed by atoms with Gasteiger partial charge in [0.1, 0.15) is 11.5 Å². The van der Waals surface area contributed by atoms with E-state index in [1.165, 1.54) is 26.0 Å². The maximum absolute atomic E-state index is 12.0. The van der Waals surface area contributed by atoms with Crippen LogP contribution in [0.5, 0.6) is 11.5 Å². The summed E-state index contributed by atoms with van der Waals surface area (Å²) in [7, 11) is 3.01. The molecule has 0 unspecified atom stereocenters. The summed E-state index contributed by atoms with van der Waals surface area (Å²) in [4.78, 5) is 25.3. The second kappa shape index (κ2) is 9.37. The molecule has 0 aliphatic rings. The first kappa shape index (κ1) is 20.1. The van der Waals surface area contributed by atoms with Gasteiger partial charge in [0, 0.05) is 38.6 Å². The molecule has 0 saturated heterocycles. The molecule has 6 nitrogen and oxygen atoms in total. The predicted octanol–water partition coefficient (Wildman–Crippen LogP) is 2.87. The quantitative estimate of drug-likeness (QED) is 0.777. The third-order valence-electron chi connectivity index (χ3n) is 3.38. The molecule has 134 valence electrons. The summed E-state index contributed by atoms with van der Waals surface area (Å²) < 4.78 is 10.5. The Labute approximate surface area is 148 Å². The average Bonchev–Trinajstić information content (AvgIpc) is 2.50. The van der Waals surface area contributed by atoms with Crippen LogP contribution in [-0.2, 0) is 9.59 Å². The number of carbonyl (C=O) groups excluding carboxylic acids is 2. The number of hydrogen-bond acceptors (Lipinski definition) is 4. The van der Waals surface area contributed by atoms with Crippen LogP contribution in [0.1, 0.15) is 27.2 Å². The lowest BCUT2D eigenvalue weighted by Gasteiger charge is -2.24. The fourth-order valence-corrected chi connectivity index (χ4v) is 2.48. The van der Waals surface area contributed by atoms with Gasteiger partial charge in [-0.3, -0.25) is 9.59 Å². The summed E-state index contributed by atoms with van der Waals surface area (Å²) >= 11 is 6.09. The van der Waals surface area contributed by atoms with E-state index < -0.39 is 0 Å². The zero-order valence-electron chi connectivity index (χ0n) is 14.8. The number of amides is 2. The van der Waals surface area contributed by atoms with E-state index in [1.807, 2.05) is 13.8 Å². The molecule has 0 aromatic heterocycles. The maximum Gasteiger partial charge on any atom is 0.224 e. The molecular formula is C17H25ClN2O4. The molecule has 0 radical (unpaired) electrons. The van der Waals surface area contributed by atoms with Gasteiger partial charge in [-0.15, -0.1) is 0 Å². The second-order valence-corrected chi connectivity index (χ2v) is 6.18. The van der Waals surface area contributed by atoms with Gasteiger partial charge in [0.15, 0.2) is 0 Å². The summed E-state index contributed by atoms with van der Waals surface area (Å²) in [5.41, 5.74) is 0.546. The Kier molecular flexibility index (Phi) is 7.85. The van der Waals surface area contributed by atoms with Gasteiger partial charge in [0.25, 0.3) is 0 Å². The number of hydrogen-bond donors (Lipinski definition) is 1. The van der Waals surface area contributed by atoms with E-state index in [2.05, 4.69) is 5.32 Å². The molecule has 2 amide bonds. The van der Waals surface area contributed by atoms with Crippen molar-refractivity contribution in [3.63, 3.8) is 0 Å². The van der Waals surface area contributed by atoms with Crippen molar-refractivity contribution in [3.8, 4) is 11.5 Å². The van der Waals surface area contributed by atoms with Crippen LogP contribution in [0, 0.1) is 5.92 Å². The number of nitrogens with zero attached hydrogens (tertiary/aromatic N) is 1. The van der Waals surface area contributed by atoms with Crippen molar-refractivity contribution in [3.05, 3.63) is 17.2 Å². The molecule has 0 aliphatic carbocycles. The lowest BCUT2D eigenvalue weighted by atomic mass is 10.1. The molecular weight excluding hydrogens is 332 g/mol. The molecule has 1 aromatic rings. The summed E-state index contributed by atoms with van der Waals surface area (Å²) in [6, 6.07) is 3.25. The molecule has 0 atom stereocenters. The number of halogens is 1. The largest absolute Gasteiger partial charge is 0.495 e. The third-order valence-corrected chi connectivity index (χ3v) is 3.67. The number of rotatable bonds is 8. The molecule has 0 bridgehead atoms. The molecule has 7 heteroatoms. The van der Waals surface area contributed by atoms with Crippen LogP contribution in [0.2, 0.25) is 5.02 Å². The molecule has 0 saturated carbocycles. The molecule has 0 aliphatic heterocycles. The SMILES string of the molecule is COc1cc(N(CCNC(=O)CC(C)C)C(C)=O)c(OC)cc1Cl. The molecule has 1 rings (SSSR count). The fraction of sp³-hybridized carbons (Fsp3) is 0.529. The standard InChI is InChI=1S/C17H25ClN2O4/c1-11(2)8-17(22)19-6-7-20(12(3)21)14-10-15(23-4)13(18)9-16(14)24-5/h9-11H,6-8H2,1-5H3,(H,19,22). The van der Waals surface area contributed by atoms with Gasteiger partial charge in [-0.25, -0.2) is 0 Å². The zero-order chi connectivity index (χ0) is 18.3. The number of nitrogens with one attached hydrogen (secondary N) is 1. The Morgan fingerprint density at radius 2 is 1.83 bits per heavy atom. The summed E-state index contributed by atoms with van der Waals surface area (Å²) in [5.74, 6) is 0.992. The highest BCUT2D eigenvalue weighted by Crippen LogP contribution is 2.38. The number of carbonyl (C=O) groups is 2. The van der Waals surface area contributed by atoms with E-state index in [9.17, 15) is 9.59 Å². The van der Waals surface area contributed by atoms with E-state index in [4.69, 9.17) is 21.1 Å². The molecule has 1 aromatic carbocycles. The second-order valence-electron chi connectivity index (χ2n) is 5.78. The summed E-state index contributed by atoms with van der Waals surface area (Å²) in [6.07, 6.45) is 0.457. The van der Waals surface area contributed by atoms with Crippen molar-refractivity contribution in [1.82, 2.24) is 5.32 Å². The lowest BCUT2D eigenvalue weighted by Crippen LogP contribution is -2.38. The minimum absolute atomic E-state index is 0.0332. The van der Waals surface area contributed by atoms with Crippen LogP contribution >= 0.6 is 11.6 Å². The third kappa shape index (κ3) is 5.60. The van der Waals surface area contributed by atoms with E-state index in [0.717, 1.165) is 0 Å². The maximum atomic E-state index is 12.0. The molecule has 0 fully saturated rings. The van der Waals surface area contributed by atoms with Crippen LogP contribution in [0.3, 0.4) is 0 Å². The lowest BCUT2D eigenvalue weighted by molar-refractivity contribution is -0.122. The van der Waals surface area contributed by atoms with Crippen molar-refractivity contribution in [2.24, 2.45) is 5.92 Å². The highest BCUT2D eigenvalue weighted by Gasteiger charge is 2.19. The van der Waals surface area contributed by atoms with Gasteiger partial charge < -0.3 is 19.7 Å². The van der Waals surface area contributed by atoms with Crippen LogP contribution in [0.4, 0.5) is 5.69 Å². The number of ether oxygens (including phenoxy) is 2. The van der Waals surface area contributed by atoms with Crippen molar-refractivity contribution >= 4 is 29.1 Å². The van der Waals surface area contributed by atoms with Gasteiger partial charge in [-0.05, 0) is 5.92 Å². The minimum Gasteiger partial charge on any atom is -0.495 e. The van der Waals surface area contributed by atoms with Crippen LogP contribution in [0.25, 0.3) is 0 Å². The Morgan fingerprint density at radius 3 is 2.33 bits per heavy atom. The fourth-order valence-electron chi connectivity index (χ4n) is 2.25. The first-order valence-corrected chi connectivity index (χ1v) is 8.14.